The minimum absolute atomic E-state index is 0.000953. The summed E-state index contributed by atoms with van der Waals surface area (Å²) in [6.45, 7) is 5.54. The van der Waals surface area contributed by atoms with Crippen LogP contribution in [0.4, 0.5) is 0 Å². The summed E-state index contributed by atoms with van der Waals surface area (Å²) in [6, 6.07) is 9.61. The van der Waals surface area contributed by atoms with Crippen LogP contribution < -0.4 is 5.32 Å². The standard InChI is InChI=1S/C19H24N2O4/c1-13(2)19(3,11-18(23)24)21-16(22)9-10-17-20-12-15(25-17)14-7-5-4-6-8-14/h4-8,12-13H,9-11H2,1-3H3,(H,21,22)(H,23,24). The molecule has 0 aliphatic heterocycles. The lowest BCUT2D eigenvalue weighted by molar-refractivity contribution is -0.139. The highest BCUT2D eigenvalue weighted by Gasteiger charge is 2.32. The highest BCUT2D eigenvalue weighted by Crippen LogP contribution is 2.22. The van der Waals surface area contributed by atoms with Gasteiger partial charge in [-0.15, -0.1) is 0 Å². The van der Waals surface area contributed by atoms with E-state index < -0.39 is 11.5 Å². The Morgan fingerprint density at radius 2 is 1.96 bits per heavy atom. The molecule has 134 valence electrons. The number of benzene rings is 1. The topological polar surface area (TPSA) is 92.4 Å². The smallest absolute Gasteiger partial charge is 0.305 e. The van der Waals surface area contributed by atoms with E-state index in [0.717, 1.165) is 5.56 Å². The molecule has 1 unspecified atom stereocenters. The molecule has 0 aliphatic carbocycles. The molecule has 1 aromatic heterocycles. The van der Waals surface area contributed by atoms with Gasteiger partial charge in [0.05, 0.1) is 12.6 Å². The second kappa shape index (κ2) is 7.96. The molecule has 0 bridgehead atoms. The fourth-order valence-corrected chi connectivity index (χ4v) is 2.47. The average Bonchev–Trinajstić information content (AvgIpc) is 3.02. The first kappa shape index (κ1) is 18.7. The maximum absolute atomic E-state index is 12.2. The summed E-state index contributed by atoms with van der Waals surface area (Å²) in [6.07, 6.45) is 2.08. The van der Waals surface area contributed by atoms with Gasteiger partial charge in [0, 0.05) is 23.9 Å². The molecular weight excluding hydrogens is 320 g/mol. The van der Waals surface area contributed by atoms with Crippen LogP contribution in [0.25, 0.3) is 11.3 Å². The minimum Gasteiger partial charge on any atom is -0.481 e. The lowest BCUT2D eigenvalue weighted by atomic mass is 9.85. The number of hydrogen-bond acceptors (Lipinski definition) is 4. The number of nitrogens with one attached hydrogen (secondary N) is 1. The van der Waals surface area contributed by atoms with Crippen LogP contribution in [0.15, 0.2) is 40.9 Å². The highest BCUT2D eigenvalue weighted by molar-refractivity contribution is 5.78. The molecule has 2 rings (SSSR count). The van der Waals surface area contributed by atoms with Crippen LogP contribution >= 0.6 is 0 Å². The third-order valence-corrected chi connectivity index (χ3v) is 4.40. The normalized spacial score (nSPS) is 13.4. The molecule has 0 fully saturated rings. The zero-order valence-electron chi connectivity index (χ0n) is 14.8. The van der Waals surface area contributed by atoms with Gasteiger partial charge in [0.1, 0.15) is 0 Å². The van der Waals surface area contributed by atoms with Gasteiger partial charge in [0.2, 0.25) is 5.91 Å². The summed E-state index contributed by atoms with van der Waals surface area (Å²) in [5, 5.41) is 11.9. The van der Waals surface area contributed by atoms with Gasteiger partial charge in [-0.3, -0.25) is 9.59 Å². The molecule has 6 heteroatoms. The van der Waals surface area contributed by atoms with Gasteiger partial charge >= 0.3 is 5.97 Å². The predicted octanol–water partition coefficient (Wildman–Crippen LogP) is 3.28. The van der Waals surface area contributed by atoms with Crippen LogP contribution in [0.1, 0.15) is 39.5 Å². The molecule has 0 saturated heterocycles. The molecule has 25 heavy (non-hydrogen) atoms. The molecule has 1 atom stereocenters. The van der Waals surface area contributed by atoms with E-state index in [1.54, 1.807) is 13.1 Å². The van der Waals surface area contributed by atoms with Crippen LogP contribution in [-0.2, 0) is 16.0 Å². The Balaban J connectivity index is 1.94. The predicted molar refractivity (Wildman–Crippen MR) is 93.9 cm³/mol. The first-order valence-corrected chi connectivity index (χ1v) is 8.33. The molecule has 1 aromatic carbocycles. The van der Waals surface area contributed by atoms with Crippen molar-refractivity contribution in [1.29, 1.82) is 0 Å². The van der Waals surface area contributed by atoms with E-state index >= 15 is 0 Å². The molecule has 2 aromatic rings. The maximum Gasteiger partial charge on any atom is 0.305 e. The van der Waals surface area contributed by atoms with E-state index in [9.17, 15) is 9.59 Å². The van der Waals surface area contributed by atoms with Crippen LogP contribution in [0.3, 0.4) is 0 Å². The van der Waals surface area contributed by atoms with Gasteiger partial charge in [0.15, 0.2) is 11.7 Å². The number of nitrogens with zero attached hydrogens (tertiary/aromatic N) is 1. The zero-order chi connectivity index (χ0) is 18.4. The van der Waals surface area contributed by atoms with E-state index in [-0.39, 0.29) is 24.7 Å². The Kier molecular flexibility index (Phi) is 5.96. The quantitative estimate of drug-likeness (QED) is 0.766. The Morgan fingerprint density at radius 1 is 1.28 bits per heavy atom. The van der Waals surface area contributed by atoms with Gasteiger partial charge in [-0.1, -0.05) is 44.2 Å². The second-order valence-electron chi connectivity index (χ2n) is 6.68. The number of carbonyl (C=O) groups is 2. The van der Waals surface area contributed by atoms with Crippen molar-refractivity contribution >= 4 is 11.9 Å². The van der Waals surface area contributed by atoms with Crippen LogP contribution in [0.5, 0.6) is 0 Å². The van der Waals surface area contributed by atoms with Crippen molar-refractivity contribution in [2.75, 3.05) is 0 Å². The summed E-state index contributed by atoms with van der Waals surface area (Å²) >= 11 is 0. The van der Waals surface area contributed by atoms with Gasteiger partial charge in [-0.05, 0) is 12.8 Å². The summed E-state index contributed by atoms with van der Waals surface area (Å²) in [4.78, 5) is 27.5. The third kappa shape index (κ3) is 5.17. The van der Waals surface area contributed by atoms with E-state index in [1.165, 1.54) is 0 Å². The van der Waals surface area contributed by atoms with Crippen LogP contribution in [0, 0.1) is 5.92 Å². The van der Waals surface area contributed by atoms with Crippen LogP contribution in [0.2, 0.25) is 0 Å². The summed E-state index contributed by atoms with van der Waals surface area (Å²) in [7, 11) is 0. The Morgan fingerprint density at radius 3 is 2.56 bits per heavy atom. The summed E-state index contributed by atoms with van der Waals surface area (Å²) < 4.78 is 5.68. The molecule has 0 saturated carbocycles. The third-order valence-electron chi connectivity index (χ3n) is 4.40. The molecule has 0 aliphatic rings. The number of carboxylic acid groups (broad SMARTS) is 1. The van der Waals surface area contributed by atoms with Crippen molar-refractivity contribution in [3.8, 4) is 11.3 Å². The SMILES string of the molecule is CC(C)C(C)(CC(=O)O)NC(=O)CCc1ncc(-c2ccccc2)o1. The van der Waals surface area contributed by atoms with Crippen molar-refractivity contribution in [1.82, 2.24) is 10.3 Å². The number of carbonyl (C=O) groups excluding carboxylic acids is 1. The van der Waals surface area contributed by atoms with E-state index in [0.29, 0.717) is 18.1 Å². The van der Waals surface area contributed by atoms with Gasteiger partial charge in [-0.25, -0.2) is 4.98 Å². The number of carboxylic acids is 1. The largest absolute Gasteiger partial charge is 0.481 e. The molecule has 2 N–H and O–H groups in total. The highest BCUT2D eigenvalue weighted by atomic mass is 16.4. The number of aliphatic carboxylic acids is 1. The molecule has 0 radical (unpaired) electrons. The summed E-state index contributed by atoms with van der Waals surface area (Å²) in [5.74, 6) is -0.0000203. The maximum atomic E-state index is 12.2. The van der Waals surface area contributed by atoms with Crippen molar-refractivity contribution in [2.24, 2.45) is 5.92 Å². The van der Waals surface area contributed by atoms with Crippen molar-refractivity contribution in [2.45, 2.75) is 45.6 Å². The molecule has 0 spiro atoms. The van der Waals surface area contributed by atoms with Gasteiger partial charge in [-0.2, -0.15) is 0 Å². The molecule has 6 nitrogen and oxygen atoms in total. The van der Waals surface area contributed by atoms with Crippen molar-refractivity contribution in [3.63, 3.8) is 0 Å². The van der Waals surface area contributed by atoms with Crippen LogP contribution in [-0.4, -0.2) is 27.5 Å². The zero-order valence-corrected chi connectivity index (χ0v) is 14.8. The fourth-order valence-electron chi connectivity index (χ4n) is 2.47. The minimum atomic E-state index is -0.934. The lowest BCUT2D eigenvalue weighted by Crippen LogP contribution is -2.51. The average molecular weight is 344 g/mol. The van der Waals surface area contributed by atoms with Gasteiger partial charge in [0.25, 0.3) is 0 Å². The lowest BCUT2D eigenvalue weighted by Gasteiger charge is -2.33. The second-order valence-corrected chi connectivity index (χ2v) is 6.68. The number of hydrogen-bond donors (Lipinski definition) is 2. The number of oxazole rings is 1. The monoisotopic (exact) mass is 344 g/mol. The Hall–Kier alpha value is -2.63. The number of rotatable bonds is 8. The van der Waals surface area contributed by atoms with E-state index in [2.05, 4.69) is 10.3 Å². The molecular formula is C19H24N2O4. The van der Waals surface area contributed by atoms with E-state index in [1.807, 2.05) is 44.2 Å². The molecule has 1 heterocycles. The number of aryl methyl sites for hydroxylation is 1. The number of amides is 1. The molecule has 1 amide bonds. The fraction of sp³-hybridized carbons (Fsp3) is 0.421. The van der Waals surface area contributed by atoms with E-state index in [4.69, 9.17) is 9.52 Å². The Bertz CT molecular complexity index is 724. The number of aromatic nitrogens is 1. The first-order chi connectivity index (χ1) is 11.8. The van der Waals surface area contributed by atoms with Gasteiger partial charge < -0.3 is 14.8 Å². The summed E-state index contributed by atoms with van der Waals surface area (Å²) in [5.41, 5.74) is 0.147. The van der Waals surface area contributed by atoms with Crippen molar-refractivity contribution in [3.05, 3.63) is 42.4 Å². The first-order valence-electron chi connectivity index (χ1n) is 8.33. The van der Waals surface area contributed by atoms with Crippen molar-refractivity contribution < 1.29 is 19.1 Å². The Labute approximate surface area is 147 Å².